The monoisotopic (exact) mass is 238 g/mol. The highest BCUT2D eigenvalue weighted by molar-refractivity contribution is 5.92. The molecule has 0 unspecified atom stereocenters. The molecule has 92 valence electrons. The van der Waals surface area contributed by atoms with Crippen molar-refractivity contribution >= 4 is 17.7 Å². The Morgan fingerprint density at radius 1 is 1.29 bits per heavy atom. The van der Waals surface area contributed by atoms with Crippen molar-refractivity contribution in [3.8, 4) is 5.75 Å². The highest BCUT2D eigenvalue weighted by Crippen LogP contribution is 2.13. The molecule has 0 bridgehead atoms. The van der Waals surface area contributed by atoms with Crippen molar-refractivity contribution < 1.29 is 19.8 Å². The predicted molar refractivity (Wildman–Crippen MR) is 62.0 cm³/mol. The first kappa shape index (κ1) is 12.8. The lowest BCUT2D eigenvalue weighted by Crippen LogP contribution is -2.42. The smallest absolute Gasteiger partial charge is 0.326 e. The standard InChI is InChI=1S/C11H14N2O4/c1-2-9(10(15)16)13-11(17)12-7-3-5-8(14)6-4-7/h3-6,9,14H,2H2,1H3,(H,15,16)(H2,12,13,17)/t9-/m0/s1. The van der Waals surface area contributed by atoms with Crippen LogP contribution in [-0.4, -0.2) is 28.3 Å². The maximum Gasteiger partial charge on any atom is 0.326 e. The number of benzene rings is 1. The van der Waals surface area contributed by atoms with Crippen LogP contribution in [0.25, 0.3) is 0 Å². The van der Waals surface area contributed by atoms with Crippen molar-refractivity contribution in [3.05, 3.63) is 24.3 Å². The molecule has 0 heterocycles. The maximum atomic E-state index is 11.4. The highest BCUT2D eigenvalue weighted by atomic mass is 16.4. The molecule has 1 aromatic carbocycles. The zero-order chi connectivity index (χ0) is 12.8. The molecule has 0 aliphatic carbocycles. The minimum atomic E-state index is -1.08. The van der Waals surface area contributed by atoms with Gasteiger partial charge in [0.25, 0.3) is 0 Å². The second-order valence-corrected chi connectivity index (χ2v) is 3.44. The first-order valence-electron chi connectivity index (χ1n) is 5.12. The van der Waals surface area contributed by atoms with Crippen molar-refractivity contribution in [1.82, 2.24) is 5.32 Å². The first-order chi connectivity index (χ1) is 8.02. The Labute approximate surface area is 98.3 Å². The molecule has 6 heteroatoms. The van der Waals surface area contributed by atoms with Gasteiger partial charge in [0, 0.05) is 5.69 Å². The minimum Gasteiger partial charge on any atom is -0.508 e. The summed E-state index contributed by atoms with van der Waals surface area (Å²) in [6, 6.07) is 4.36. The quantitative estimate of drug-likeness (QED) is 0.595. The van der Waals surface area contributed by atoms with E-state index >= 15 is 0 Å². The largest absolute Gasteiger partial charge is 0.508 e. The van der Waals surface area contributed by atoms with Gasteiger partial charge >= 0.3 is 12.0 Å². The summed E-state index contributed by atoms with van der Waals surface area (Å²) in [5.74, 6) is -0.985. The van der Waals surface area contributed by atoms with E-state index in [4.69, 9.17) is 10.2 Å². The van der Waals surface area contributed by atoms with Crippen LogP contribution in [0.2, 0.25) is 0 Å². The molecule has 4 N–H and O–H groups in total. The fraction of sp³-hybridized carbons (Fsp3) is 0.273. The first-order valence-corrected chi connectivity index (χ1v) is 5.12. The summed E-state index contributed by atoms with van der Waals surface area (Å²) in [7, 11) is 0. The van der Waals surface area contributed by atoms with Gasteiger partial charge in [-0.15, -0.1) is 0 Å². The molecular weight excluding hydrogens is 224 g/mol. The SMILES string of the molecule is CC[C@H](NC(=O)Nc1ccc(O)cc1)C(=O)O. The molecule has 0 spiro atoms. The van der Waals surface area contributed by atoms with Crippen LogP contribution in [-0.2, 0) is 4.79 Å². The molecule has 0 aromatic heterocycles. The van der Waals surface area contributed by atoms with Crippen LogP contribution in [0.3, 0.4) is 0 Å². The fourth-order valence-electron chi connectivity index (χ4n) is 1.21. The Balaban J connectivity index is 2.54. The number of nitrogens with one attached hydrogen (secondary N) is 2. The molecule has 1 atom stereocenters. The fourth-order valence-corrected chi connectivity index (χ4v) is 1.21. The molecule has 0 aliphatic heterocycles. The van der Waals surface area contributed by atoms with Crippen molar-refractivity contribution in [3.63, 3.8) is 0 Å². The lowest BCUT2D eigenvalue weighted by atomic mass is 10.2. The Hall–Kier alpha value is -2.24. The number of carbonyl (C=O) groups is 2. The third kappa shape index (κ3) is 4.02. The number of phenolic OH excluding ortho intramolecular Hbond substituents is 1. The summed E-state index contributed by atoms with van der Waals surface area (Å²) in [6.45, 7) is 1.67. The summed E-state index contributed by atoms with van der Waals surface area (Å²) in [4.78, 5) is 22.1. The number of rotatable bonds is 4. The van der Waals surface area contributed by atoms with Gasteiger partial charge in [-0.05, 0) is 30.7 Å². The summed E-state index contributed by atoms with van der Waals surface area (Å²) in [5.41, 5.74) is 0.473. The molecule has 17 heavy (non-hydrogen) atoms. The van der Waals surface area contributed by atoms with E-state index in [2.05, 4.69) is 10.6 Å². The van der Waals surface area contributed by atoms with Crippen LogP contribution in [0.5, 0.6) is 5.75 Å². The van der Waals surface area contributed by atoms with E-state index in [-0.39, 0.29) is 5.75 Å². The number of aromatic hydroxyl groups is 1. The van der Waals surface area contributed by atoms with E-state index in [0.717, 1.165) is 0 Å². The minimum absolute atomic E-state index is 0.0907. The predicted octanol–water partition coefficient (Wildman–Crippen LogP) is 1.38. The number of carboxylic acid groups (broad SMARTS) is 1. The van der Waals surface area contributed by atoms with Gasteiger partial charge in [0.1, 0.15) is 11.8 Å². The average molecular weight is 238 g/mol. The van der Waals surface area contributed by atoms with Crippen molar-refractivity contribution in [2.75, 3.05) is 5.32 Å². The summed E-state index contributed by atoms with van der Waals surface area (Å²) >= 11 is 0. The topological polar surface area (TPSA) is 98.7 Å². The van der Waals surface area contributed by atoms with Crippen molar-refractivity contribution in [2.45, 2.75) is 19.4 Å². The Morgan fingerprint density at radius 2 is 1.88 bits per heavy atom. The zero-order valence-electron chi connectivity index (χ0n) is 9.30. The molecule has 0 fully saturated rings. The molecular formula is C11H14N2O4. The lowest BCUT2D eigenvalue weighted by molar-refractivity contribution is -0.139. The van der Waals surface area contributed by atoms with Gasteiger partial charge in [0.15, 0.2) is 0 Å². The number of carbonyl (C=O) groups excluding carboxylic acids is 1. The van der Waals surface area contributed by atoms with Gasteiger partial charge in [0.2, 0.25) is 0 Å². The molecule has 1 aromatic rings. The second kappa shape index (κ2) is 5.74. The number of hydrogen-bond donors (Lipinski definition) is 4. The highest BCUT2D eigenvalue weighted by Gasteiger charge is 2.17. The number of phenols is 1. The third-order valence-electron chi connectivity index (χ3n) is 2.14. The van der Waals surface area contributed by atoms with Gasteiger partial charge < -0.3 is 20.8 Å². The van der Waals surface area contributed by atoms with Crippen molar-refractivity contribution in [2.24, 2.45) is 0 Å². The van der Waals surface area contributed by atoms with Gasteiger partial charge in [-0.25, -0.2) is 9.59 Å². The normalized spacial score (nSPS) is 11.6. The summed E-state index contributed by atoms with van der Waals surface area (Å²) < 4.78 is 0. The third-order valence-corrected chi connectivity index (χ3v) is 2.14. The number of hydrogen-bond acceptors (Lipinski definition) is 3. The Kier molecular flexibility index (Phi) is 4.33. The van der Waals surface area contributed by atoms with Gasteiger partial charge in [-0.3, -0.25) is 0 Å². The number of anilines is 1. The van der Waals surface area contributed by atoms with Crippen LogP contribution in [0.4, 0.5) is 10.5 Å². The van der Waals surface area contributed by atoms with E-state index in [1.54, 1.807) is 6.92 Å². The van der Waals surface area contributed by atoms with E-state index in [9.17, 15) is 9.59 Å². The molecule has 0 radical (unpaired) electrons. The summed E-state index contributed by atoms with van der Waals surface area (Å²) in [5, 5.41) is 22.6. The number of amides is 2. The van der Waals surface area contributed by atoms with E-state index < -0.39 is 18.0 Å². The second-order valence-electron chi connectivity index (χ2n) is 3.44. The number of aliphatic carboxylic acids is 1. The van der Waals surface area contributed by atoms with Crippen LogP contribution in [0.1, 0.15) is 13.3 Å². The molecule has 0 saturated heterocycles. The van der Waals surface area contributed by atoms with E-state index in [1.165, 1.54) is 24.3 Å². The van der Waals surface area contributed by atoms with Crippen LogP contribution in [0.15, 0.2) is 24.3 Å². The van der Waals surface area contributed by atoms with E-state index in [1.807, 2.05) is 0 Å². The van der Waals surface area contributed by atoms with Gasteiger partial charge in [0.05, 0.1) is 0 Å². The van der Waals surface area contributed by atoms with Crippen LogP contribution >= 0.6 is 0 Å². The molecule has 0 aliphatic rings. The van der Waals surface area contributed by atoms with Crippen molar-refractivity contribution in [1.29, 1.82) is 0 Å². The maximum absolute atomic E-state index is 11.4. The molecule has 1 rings (SSSR count). The van der Waals surface area contributed by atoms with Crippen LogP contribution < -0.4 is 10.6 Å². The van der Waals surface area contributed by atoms with E-state index in [0.29, 0.717) is 12.1 Å². The zero-order valence-corrected chi connectivity index (χ0v) is 9.30. The summed E-state index contributed by atoms with van der Waals surface area (Å²) in [6.07, 6.45) is 0.304. The molecule has 2 amide bonds. The molecule has 0 saturated carbocycles. The van der Waals surface area contributed by atoms with Crippen LogP contribution in [0, 0.1) is 0 Å². The number of urea groups is 1. The Morgan fingerprint density at radius 3 is 2.35 bits per heavy atom. The van der Waals surface area contributed by atoms with Gasteiger partial charge in [-0.1, -0.05) is 6.92 Å². The number of carboxylic acids is 1. The average Bonchev–Trinajstić information content (AvgIpc) is 2.28. The molecule has 6 nitrogen and oxygen atoms in total. The lowest BCUT2D eigenvalue weighted by Gasteiger charge is -2.13. The van der Waals surface area contributed by atoms with Gasteiger partial charge in [-0.2, -0.15) is 0 Å². The Bertz CT molecular complexity index is 402.